The smallest absolute Gasteiger partial charge is 0.270 e. The summed E-state index contributed by atoms with van der Waals surface area (Å²) in [7, 11) is 1.50. The highest BCUT2D eigenvalue weighted by Crippen LogP contribution is 2.27. The van der Waals surface area contributed by atoms with E-state index in [1.54, 1.807) is 12.1 Å². The highest BCUT2D eigenvalue weighted by molar-refractivity contribution is 6.33. The number of amides is 1. The number of carbonyl (C=O) groups is 1. The molecule has 1 fully saturated rings. The van der Waals surface area contributed by atoms with Crippen LogP contribution in [0.25, 0.3) is 0 Å². The second kappa shape index (κ2) is 8.88. The molecule has 1 aliphatic heterocycles. The van der Waals surface area contributed by atoms with Crippen LogP contribution in [-0.4, -0.2) is 40.9 Å². The van der Waals surface area contributed by atoms with Gasteiger partial charge in [0.1, 0.15) is 11.6 Å². The SMILES string of the molecule is COc1ccc([N+](=O)[O-])cc1CNc1ncc(C(=O)N2CCCCC2)cc1Cl. The summed E-state index contributed by atoms with van der Waals surface area (Å²) >= 11 is 6.30. The van der Waals surface area contributed by atoms with Crippen LogP contribution >= 0.6 is 11.6 Å². The van der Waals surface area contributed by atoms with E-state index in [2.05, 4.69) is 10.3 Å². The molecule has 0 aliphatic carbocycles. The zero-order valence-corrected chi connectivity index (χ0v) is 16.2. The Morgan fingerprint density at radius 2 is 2.07 bits per heavy atom. The lowest BCUT2D eigenvalue weighted by Crippen LogP contribution is -2.35. The number of ether oxygens (including phenoxy) is 1. The first-order valence-electron chi connectivity index (χ1n) is 8.99. The zero-order valence-electron chi connectivity index (χ0n) is 15.5. The Bertz CT molecular complexity index is 884. The third-order valence-corrected chi connectivity index (χ3v) is 4.94. The molecule has 0 unspecified atom stereocenters. The van der Waals surface area contributed by atoms with Crippen molar-refractivity contribution in [2.45, 2.75) is 25.8 Å². The number of nitrogens with one attached hydrogen (secondary N) is 1. The van der Waals surface area contributed by atoms with E-state index in [1.807, 2.05) is 4.90 Å². The molecule has 0 spiro atoms. The van der Waals surface area contributed by atoms with E-state index < -0.39 is 4.92 Å². The standard InChI is InChI=1S/C19H21ClN4O4/c1-28-17-6-5-15(24(26)27)9-13(17)11-21-18-16(20)10-14(12-22-18)19(25)23-7-3-2-4-8-23/h5-6,9-10,12H,2-4,7-8,11H2,1H3,(H,21,22). The largest absolute Gasteiger partial charge is 0.496 e. The number of hydrogen-bond acceptors (Lipinski definition) is 6. The number of nitrogens with zero attached hydrogens (tertiary/aromatic N) is 3. The Hall–Kier alpha value is -2.87. The molecule has 8 nitrogen and oxygen atoms in total. The van der Waals surface area contributed by atoms with Gasteiger partial charge in [-0.05, 0) is 31.4 Å². The van der Waals surface area contributed by atoms with Crippen LogP contribution in [0.1, 0.15) is 35.2 Å². The molecule has 3 rings (SSSR count). The fourth-order valence-electron chi connectivity index (χ4n) is 3.16. The molecular weight excluding hydrogens is 384 g/mol. The van der Waals surface area contributed by atoms with E-state index in [9.17, 15) is 14.9 Å². The van der Waals surface area contributed by atoms with Gasteiger partial charge in [-0.25, -0.2) is 4.98 Å². The van der Waals surface area contributed by atoms with Crippen LogP contribution in [0.15, 0.2) is 30.5 Å². The van der Waals surface area contributed by atoms with Gasteiger partial charge in [0.25, 0.3) is 11.6 Å². The van der Waals surface area contributed by atoms with Crippen LogP contribution in [0.3, 0.4) is 0 Å². The maximum atomic E-state index is 12.6. The number of benzene rings is 1. The summed E-state index contributed by atoms with van der Waals surface area (Å²) in [5, 5.41) is 14.3. The molecule has 1 aromatic heterocycles. The number of nitro benzene ring substituents is 1. The molecule has 0 bridgehead atoms. The van der Waals surface area contributed by atoms with Gasteiger partial charge in [0.05, 0.1) is 22.6 Å². The number of pyridine rings is 1. The molecular formula is C19H21ClN4O4. The zero-order chi connectivity index (χ0) is 20.1. The van der Waals surface area contributed by atoms with Crippen LogP contribution in [0, 0.1) is 10.1 Å². The number of aromatic nitrogens is 1. The highest BCUT2D eigenvalue weighted by atomic mass is 35.5. The molecule has 148 valence electrons. The van der Waals surface area contributed by atoms with Crippen LogP contribution in [0.5, 0.6) is 5.75 Å². The molecule has 0 radical (unpaired) electrons. The fourth-order valence-corrected chi connectivity index (χ4v) is 3.39. The van der Waals surface area contributed by atoms with Crippen LogP contribution in [0.2, 0.25) is 5.02 Å². The van der Waals surface area contributed by atoms with Gasteiger partial charge in [-0.1, -0.05) is 11.6 Å². The minimum Gasteiger partial charge on any atom is -0.496 e. The number of nitro groups is 1. The third-order valence-electron chi connectivity index (χ3n) is 4.65. The number of halogens is 1. The van der Waals surface area contributed by atoms with Crippen LogP contribution < -0.4 is 10.1 Å². The lowest BCUT2D eigenvalue weighted by molar-refractivity contribution is -0.384. The molecule has 1 amide bonds. The Kier molecular flexibility index (Phi) is 6.30. The van der Waals surface area contributed by atoms with Gasteiger partial charge in [0, 0.05) is 43.5 Å². The molecule has 1 saturated heterocycles. The number of piperidine rings is 1. The number of carbonyl (C=O) groups excluding carboxylic acids is 1. The number of non-ortho nitro benzene ring substituents is 1. The maximum absolute atomic E-state index is 12.6. The van der Waals surface area contributed by atoms with Crippen molar-refractivity contribution in [1.29, 1.82) is 0 Å². The van der Waals surface area contributed by atoms with Gasteiger partial charge in [0.2, 0.25) is 0 Å². The van der Waals surface area contributed by atoms with Crippen molar-refractivity contribution in [2.24, 2.45) is 0 Å². The summed E-state index contributed by atoms with van der Waals surface area (Å²) in [5.74, 6) is 0.845. The van der Waals surface area contributed by atoms with Crippen molar-refractivity contribution >= 4 is 29.0 Å². The number of likely N-dealkylation sites (tertiary alicyclic amines) is 1. The molecule has 1 aromatic carbocycles. The number of hydrogen-bond donors (Lipinski definition) is 1. The van der Waals surface area contributed by atoms with Crippen molar-refractivity contribution < 1.29 is 14.5 Å². The first-order valence-corrected chi connectivity index (χ1v) is 9.37. The lowest BCUT2D eigenvalue weighted by Gasteiger charge is -2.26. The lowest BCUT2D eigenvalue weighted by atomic mass is 10.1. The average Bonchev–Trinajstić information content (AvgIpc) is 2.72. The van der Waals surface area contributed by atoms with Crippen LogP contribution in [-0.2, 0) is 6.54 Å². The molecule has 0 atom stereocenters. The molecule has 9 heteroatoms. The summed E-state index contributed by atoms with van der Waals surface area (Å²) in [6.07, 6.45) is 4.66. The van der Waals surface area contributed by atoms with E-state index in [0.717, 1.165) is 32.4 Å². The Morgan fingerprint density at radius 1 is 1.32 bits per heavy atom. The monoisotopic (exact) mass is 404 g/mol. The molecule has 2 heterocycles. The second-order valence-electron chi connectivity index (χ2n) is 6.51. The van der Waals surface area contributed by atoms with Gasteiger partial charge in [0.15, 0.2) is 0 Å². The van der Waals surface area contributed by atoms with E-state index in [0.29, 0.717) is 27.7 Å². The molecule has 28 heavy (non-hydrogen) atoms. The van der Waals surface area contributed by atoms with Gasteiger partial charge in [-0.15, -0.1) is 0 Å². The maximum Gasteiger partial charge on any atom is 0.270 e. The average molecular weight is 405 g/mol. The fraction of sp³-hybridized carbons (Fsp3) is 0.368. The van der Waals surface area contributed by atoms with Crippen molar-refractivity contribution in [3.05, 3.63) is 56.7 Å². The predicted octanol–water partition coefficient (Wildman–Crippen LogP) is 3.89. The van der Waals surface area contributed by atoms with Crippen molar-refractivity contribution in [2.75, 3.05) is 25.5 Å². The number of rotatable bonds is 6. The van der Waals surface area contributed by atoms with Gasteiger partial charge in [-0.2, -0.15) is 0 Å². The normalized spacial score (nSPS) is 13.9. The molecule has 1 aliphatic rings. The first-order chi connectivity index (χ1) is 13.5. The number of methoxy groups -OCH3 is 1. The van der Waals surface area contributed by atoms with Crippen molar-refractivity contribution in [1.82, 2.24) is 9.88 Å². The molecule has 0 saturated carbocycles. The second-order valence-corrected chi connectivity index (χ2v) is 6.92. The highest BCUT2D eigenvalue weighted by Gasteiger charge is 2.19. The van der Waals surface area contributed by atoms with Crippen LogP contribution in [0.4, 0.5) is 11.5 Å². The van der Waals surface area contributed by atoms with Crippen molar-refractivity contribution in [3.63, 3.8) is 0 Å². The Labute approximate surface area is 167 Å². The Morgan fingerprint density at radius 3 is 2.71 bits per heavy atom. The summed E-state index contributed by atoms with van der Waals surface area (Å²) in [4.78, 5) is 29.2. The molecule has 2 aromatic rings. The third kappa shape index (κ3) is 4.51. The first kappa shape index (κ1) is 19.9. The summed E-state index contributed by atoms with van der Waals surface area (Å²) in [6.45, 7) is 1.74. The summed E-state index contributed by atoms with van der Waals surface area (Å²) in [5.41, 5.74) is 1.02. The number of anilines is 1. The van der Waals surface area contributed by atoms with E-state index in [4.69, 9.17) is 16.3 Å². The minimum absolute atomic E-state index is 0.0286. The van der Waals surface area contributed by atoms with E-state index >= 15 is 0 Å². The van der Waals surface area contributed by atoms with Gasteiger partial charge < -0.3 is 15.0 Å². The quantitative estimate of drug-likeness (QED) is 0.579. The van der Waals surface area contributed by atoms with Gasteiger partial charge >= 0.3 is 0 Å². The minimum atomic E-state index is -0.463. The summed E-state index contributed by atoms with van der Waals surface area (Å²) in [6, 6.07) is 5.96. The topological polar surface area (TPSA) is 97.6 Å². The van der Waals surface area contributed by atoms with Gasteiger partial charge in [-0.3, -0.25) is 14.9 Å². The predicted molar refractivity (Wildman–Crippen MR) is 106 cm³/mol. The molecule has 1 N–H and O–H groups in total. The van der Waals surface area contributed by atoms with E-state index in [1.165, 1.54) is 25.4 Å². The van der Waals surface area contributed by atoms with Crippen molar-refractivity contribution in [3.8, 4) is 5.75 Å². The van der Waals surface area contributed by atoms with E-state index in [-0.39, 0.29) is 18.1 Å². The Balaban J connectivity index is 1.72. The summed E-state index contributed by atoms with van der Waals surface area (Å²) < 4.78 is 5.25.